The van der Waals surface area contributed by atoms with Gasteiger partial charge in [0.2, 0.25) is 0 Å². The molecule has 356 valence electrons. The summed E-state index contributed by atoms with van der Waals surface area (Å²) in [5, 5.41) is 0. The monoisotopic (exact) mass is 934 g/mol. The van der Waals surface area contributed by atoms with Crippen molar-refractivity contribution in [2.75, 3.05) is 20.3 Å². The Labute approximate surface area is 401 Å². The second-order valence-corrected chi connectivity index (χ2v) is 16.4. The number of benzene rings is 6. The average molecular weight is 935 g/mol. The molecule has 13 heteroatoms. The Morgan fingerprint density at radius 3 is 1.33 bits per heavy atom. The van der Waals surface area contributed by atoms with Crippen molar-refractivity contribution in [3.8, 4) is 0 Å². The molecule has 8 rings (SSSR count). The van der Waals surface area contributed by atoms with Crippen LogP contribution in [0.5, 0.6) is 0 Å². The van der Waals surface area contributed by atoms with Crippen molar-refractivity contribution in [1.82, 2.24) is 0 Å². The molecule has 9 atom stereocenters. The Morgan fingerprint density at radius 1 is 0.449 bits per heavy atom. The molecule has 0 N–H and O–H groups in total. The van der Waals surface area contributed by atoms with E-state index in [0.29, 0.717) is 12.2 Å². The molecule has 2 aliphatic rings. The predicted molar refractivity (Wildman–Crippen MR) is 252 cm³/mol. The van der Waals surface area contributed by atoms with Crippen molar-refractivity contribution in [2.24, 2.45) is 0 Å². The van der Waals surface area contributed by atoms with Crippen LogP contribution in [-0.4, -0.2) is 93.5 Å². The molecule has 2 aliphatic heterocycles. The van der Waals surface area contributed by atoms with Crippen LogP contribution in [0.1, 0.15) is 47.8 Å². The number of rotatable bonds is 20. The molecule has 2 fully saturated rings. The fourth-order valence-electron chi connectivity index (χ4n) is 8.02. The van der Waals surface area contributed by atoms with Gasteiger partial charge in [0, 0.05) is 12.7 Å². The minimum absolute atomic E-state index is 0.0850. The smallest absolute Gasteiger partial charge is 0.338 e. The molecule has 0 amide bonds. The number of esters is 3. The van der Waals surface area contributed by atoms with Crippen LogP contribution in [0.25, 0.3) is 0 Å². The number of carbonyl (C=O) groups excluding carboxylic acids is 3. The van der Waals surface area contributed by atoms with E-state index < -0.39 is 73.2 Å². The Kier molecular flexibility index (Phi) is 17.2. The summed E-state index contributed by atoms with van der Waals surface area (Å²) in [5.74, 6) is -2.30. The van der Waals surface area contributed by atoms with Gasteiger partial charge < -0.3 is 47.4 Å². The first-order chi connectivity index (χ1) is 33.8. The molecular weight excluding hydrogens is 881 g/mol. The Balaban J connectivity index is 1.11. The lowest BCUT2D eigenvalue weighted by Gasteiger charge is -2.45. The molecule has 0 radical (unpaired) electrons. The molecule has 2 heterocycles. The van der Waals surface area contributed by atoms with E-state index in [0.717, 1.165) is 16.7 Å². The zero-order valence-corrected chi connectivity index (χ0v) is 38.1. The van der Waals surface area contributed by atoms with E-state index in [-0.39, 0.29) is 43.1 Å². The third-order valence-corrected chi connectivity index (χ3v) is 11.6. The lowest BCUT2D eigenvalue weighted by molar-refractivity contribution is -0.306. The fourth-order valence-corrected chi connectivity index (χ4v) is 8.02. The van der Waals surface area contributed by atoms with E-state index in [9.17, 15) is 14.4 Å². The van der Waals surface area contributed by atoms with Gasteiger partial charge in [-0.3, -0.25) is 0 Å². The van der Waals surface area contributed by atoms with Crippen LogP contribution >= 0.6 is 0 Å². The number of hydrogen-bond acceptors (Lipinski definition) is 13. The maximum absolute atomic E-state index is 14.0. The molecule has 0 saturated carbocycles. The molecule has 2 saturated heterocycles. The fraction of sp³-hybridized carbons (Fsp3) is 0.268. The van der Waals surface area contributed by atoms with Crippen LogP contribution in [0.15, 0.2) is 194 Å². The van der Waals surface area contributed by atoms with Crippen LogP contribution in [0, 0.1) is 0 Å². The topological polar surface area (TPSA) is 144 Å². The Morgan fingerprint density at radius 2 is 0.855 bits per heavy atom. The van der Waals surface area contributed by atoms with Gasteiger partial charge in [-0.1, -0.05) is 152 Å². The summed E-state index contributed by atoms with van der Waals surface area (Å²) in [5.41, 5.74) is 3.87. The molecule has 0 spiro atoms. The van der Waals surface area contributed by atoms with Crippen LogP contribution in [0.2, 0.25) is 0 Å². The predicted octanol–water partition coefficient (Wildman–Crippen LogP) is 8.72. The average Bonchev–Trinajstić information content (AvgIpc) is 3.40. The van der Waals surface area contributed by atoms with E-state index >= 15 is 0 Å². The maximum Gasteiger partial charge on any atom is 0.338 e. The standard InChI is InChI=1S/C56H54O13/c1-38-47(62-34-40-23-11-4-12-24-40)48(63-35-41-25-13-5-14-26-41)45(36-61-33-39-21-9-3-10-22-39)65-55(38)64-37-46-49(67-52(57)42-27-15-6-16-28-42)50(68-53(58)43-29-17-7-18-30-43)51(56(60-2)66-46)69-54(59)44-31-19-8-20-32-44/h3-32,45-51,55-56H,1,33-37H2,2H3/t45-,46-,47-,48+,49-,50+,51-,55+,56+/m1/s1. The largest absolute Gasteiger partial charge is 0.452 e. The quantitative estimate of drug-likeness (QED) is 0.0410. The number of hydrogen-bond donors (Lipinski definition) is 0. The highest BCUT2D eigenvalue weighted by atomic mass is 16.7. The van der Waals surface area contributed by atoms with Crippen LogP contribution in [0.3, 0.4) is 0 Å². The second kappa shape index (κ2) is 24.5. The van der Waals surface area contributed by atoms with E-state index in [1.165, 1.54) is 7.11 Å². The molecule has 0 aromatic heterocycles. The third kappa shape index (κ3) is 13.0. The van der Waals surface area contributed by atoms with Gasteiger partial charge in [0.05, 0.1) is 49.7 Å². The van der Waals surface area contributed by atoms with Gasteiger partial charge in [0.1, 0.15) is 24.4 Å². The van der Waals surface area contributed by atoms with Crippen molar-refractivity contribution >= 4 is 17.9 Å². The number of methoxy groups -OCH3 is 1. The molecule has 69 heavy (non-hydrogen) atoms. The number of carbonyl (C=O) groups is 3. The first-order valence-corrected chi connectivity index (χ1v) is 22.7. The lowest BCUT2D eigenvalue weighted by atomic mass is 9.96. The summed E-state index contributed by atoms with van der Waals surface area (Å²) in [7, 11) is 1.36. The summed E-state index contributed by atoms with van der Waals surface area (Å²) >= 11 is 0. The zero-order chi connectivity index (χ0) is 47.8. The minimum atomic E-state index is -1.49. The Bertz CT molecular complexity index is 2530. The highest BCUT2D eigenvalue weighted by Gasteiger charge is 2.54. The summed E-state index contributed by atoms with van der Waals surface area (Å²) in [4.78, 5) is 41.7. The van der Waals surface area contributed by atoms with Gasteiger partial charge in [-0.2, -0.15) is 0 Å². The van der Waals surface area contributed by atoms with E-state index in [2.05, 4.69) is 6.58 Å². The van der Waals surface area contributed by atoms with E-state index in [1.807, 2.05) is 91.0 Å². The SMILES string of the molecule is C=C1[C@@H](OC[C@H]2O[C@H](OC)[C@H](OC(=O)c3ccccc3)[C@@H](OC(=O)c3ccccc3)[C@@H]2OC(=O)c2ccccc2)O[C@H](COCc2ccccc2)[C@H](OCc2ccccc2)[C@@H]1OCc1ccccc1. The summed E-state index contributed by atoms with van der Waals surface area (Å²) in [6.45, 7) is 4.96. The van der Waals surface area contributed by atoms with Gasteiger partial charge >= 0.3 is 17.9 Å². The van der Waals surface area contributed by atoms with Crippen molar-refractivity contribution in [3.05, 3.63) is 228 Å². The summed E-state index contributed by atoms with van der Waals surface area (Å²) in [6.07, 6.45) is -10.3. The van der Waals surface area contributed by atoms with Crippen LogP contribution < -0.4 is 0 Å². The lowest BCUT2D eigenvalue weighted by Crippen LogP contribution is -2.63. The number of ether oxygens (including phenoxy) is 10. The molecule has 0 aliphatic carbocycles. The minimum Gasteiger partial charge on any atom is -0.452 e. The molecule has 6 aromatic rings. The first-order valence-electron chi connectivity index (χ1n) is 22.7. The maximum atomic E-state index is 14.0. The van der Waals surface area contributed by atoms with Crippen LogP contribution in [-0.2, 0) is 67.2 Å². The van der Waals surface area contributed by atoms with Gasteiger partial charge in [0.15, 0.2) is 30.9 Å². The van der Waals surface area contributed by atoms with Crippen molar-refractivity contribution in [3.63, 3.8) is 0 Å². The van der Waals surface area contributed by atoms with Crippen molar-refractivity contribution in [1.29, 1.82) is 0 Å². The third-order valence-electron chi connectivity index (χ3n) is 11.6. The first kappa shape index (κ1) is 48.6. The van der Waals surface area contributed by atoms with E-state index in [4.69, 9.17) is 47.4 Å². The normalized spacial score (nSPS) is 23.4. The van der Waals surface area contributed by atoms with E-state index in [1.54, 1.807) is 91.0 Å². The molecule has 0 unspecified atom stereocenters. The molecule has 13 nitrogen and oxygen atoms in total. The summed E-state index contributed by atoms with van der Waals surface area (Å²) < 4.78 is 63.8. The van der Waals surface area contributed by atoms with Gasteiger partial charge in [-0.15, -0.1) is 0 Å². The van der Waals surface area contributed by atoms with Crippen LogP contribution in [0.4, 0.5) is 0 Å². The highest BCUT2D eigenvalue weighted by molar-refractivity contribution is 5.91. The van der Waals surface area contributed by atoms with Gasteiger partial charge in [0.25, 0.3) is 0 Å². The van der Waals surface area contributed by atoms with Crippen molar-refractivity contribution < 1.29 is 61.8 Å². The van der Waals surface area contributed by atoms with Gasteiger partial charge in [-0.25, -0.2) is 14.4 Å². The van der Waals surface area contributed by atoms with Crippen molar-refractivity contribution in [2.45, 2.75) is 75.1 Å². The zero-order valence-electron chi connectivity index (χ0n) is 38.1. The molecule has 0 bridgehead atoms. The van der Waals surface area contributed by atoms with Gasteiger partial charge in [-0.05, 0) is 53.1 Å². The Hall–Kier alpha value is -6.81. The highest BCUT2D eigenvalue weighted by Crippen LogP contribution is 2.35. The molecule has 6 aromatic carbocycles. The molecular formula is C56H54O13. The second-order valence-electron chi connectivity index (χ2n) is 16.4. The summed E-state index contributed by atoms with van der Waals surface area (Å²) in [6, 6.07) is 54.1.